The Kier molecular flexibility index (Phi) is 23.9. The van der Waals surface area contributed by atoms with Crippen LogP contribution in [-0.4, -0.2) is 112 Å². The second-order valence-corrected chi connectivity index (χ2v) is 18.9. The fourth-order valence-electron chi connectivity index (χ4n) is 9.25. The fourth-order valence-corrected chi connectivity index (χ4v) is 9.25. The number of ketones is 2. The van der Waals surface area contributed by atoms with Crippen molar-refractivity contribution in [2.24, 2.45) is 0 Å². The molecule has 6 heterocycles. The summed E-state index contributed by atoms with van der Waals surface area (Å²) in [6.45, 7) is 7.20. The molecule has 2 aliphatic heterocycles. The maximum Gasteiger partial charge on any atom is 0.323 e. The van der Waals surface area contributed by atoms with Crippen LogP contribution in [0.3, 0.4) is 0 Å². The highest BCUT2D eigenvalue weighted by Gasteiger charge is 2.40. The van der Waals surface area contributed by atoms with Gasteiger partial charge in [0.25, 0.3) is 0 Å². The van der Waals surface area contributed by atoms with Gasteiger partial charge in [-0.15, -0.1) is 12.4 Å². The lowest BCUT2D eigenvalue weighted by molar-refractivity contribution is -0.139. The van der Waals surface area contributed by atoms with E-state index in [4.69, 9.17) is 5.11 Å². The molecule has 0 spiro atoms. The minimum absolute atomic E-state index is 0. The van der Waals surface area contributed by atoms with E-state index in [9.17, 15) is 37.5 Å². The highest BCUT2D eigenvalue weighted by atomic mass is 35.5. The van der Waals surface area contributed by atoms with Crippen LogP contribution in [-0.2, 0) is 67.7 Å². The second kappa shape index (κ2) is 30.2. The summed E-state index contributed by atoms with van der Waals surface area (Å²) in [4.78, 5) is 91.3. The van der Waals surface area contributed by atoms with E-state index >= 15 is 0 Å². The Balaban J connectivity index is 0.000000238. The van der Waals surface area contributed by atoms with E-state index < -0.39 is 24.4 Å². The molecule has 4 aromatic carbocycles. The number of carbonyl (C=O) groups is 6. The Morgan fingerprint density at radius 1 is 0.630 bits per heavy atom. The average molecular weight is 1180 g/mol. The summed E-state index contributed by atoms with van der Waals surface area (Å²) in [7, 11) is 0. The molecule has 0 bridgehead atoms. The number of aromatic nitrogens is 6. The number of fused-ring (bicyclic) bond motifs is 2. The van der Waals surface area contributed by atoms with Gasteiger partial charge in [0.05, 0.1) is 12.6 Å². The Morgan fingerprint density at radius 2 is 1.07 bits per heavy atom. The maximum atomic E-state index is 14.4. The number of carbonyl (C=O) groups excluding carboxylic acids is 5. The van der Waals surface area contributed by atoms with Crippen LogP contribution in [0.15, 0.2) is 134 Å². The Labute approximate surface area is 489 Å². The van der Waals surface area contributed by atoms with Gasteiger partial charge in [-0.1, -0.05) is 72.8 Å². The molecule has 17 nitrogen and oxygen atoms in total. The predicted octanol–water partition coefficient (Wildman–Crippen LogP) is 8.09. The zero-order valence-corrected chi connectivity index (χ0v) is 48.1. The highest BCUT2D eigenvalue weighted by Crippen LogP contribution is 2.31. The minimum Gasteiger partial charge on any atom is -0.480 e. The van der Waals surface area contributed by atoms with Gasteiger partial charge in [-0.25, -0.2) is 28.7 Å². The lowest BCUT2D eigenvalue weighted by atomic mass is 10.0. The van der Waals surface area contributed by atoms with Crippen LogP contribution < -0.4 is 16.0 Å². The molecule has 0 radical (unpaired) electrons. The zero-order valence-electron chi connectivity index (χ0n) is 44.7. The lowest BCUT2D eigenvalue weighted by Crippen LogP contribution is -2.46. The SMILES string of the molecule is CC(=O)c1cn(CC(=O)N2C[C@H](F)C[C@H]2C(=O)NCc2ccccc2)c2ccc(-c3cnc(C)nc3)cc12.CC(=O)c1cn(CC(=O)O)c2ccc(-c3cnc(C)nc3)cc12.Cl.O=C(NCc1ccccc1)[C@@H]1C[C@@H](F)CN1.S.S=S. The molecule has 424 valence electrons. The van der Waals surface area contributed by atoms with Crippen molar-refractivity contribution in [1.82, 2.24) is 49.9 Å². The van der Waals surface area contributed by atoms with Crippen molar-refractivity contribution in [3.8, 4) is 22.3 Å². The van der Waals surface area contributed by atoms with Crippen molar-refractivity contribution in [1.29, 1.82) is 0 Å². The van der Waals surface area contributed by atoms with Gasteiger partial charge in [-0.3, -0.25) is 28.8 Å². The number of nitrogens with one attached hydrogen (secondary N) is 3. The van der Waals surface area contributed by atoms with E-state index in [1.165, 1.54) is 18.7 Å². The molecule has 0 aliphatic carbocycles. The van der Waals surface area contributed by atoms with Crippen LogP contribution in [0, 0.1) is 13.8 Å². The fraction of sp³-hybridized carbons (Fsp3) is 0.276. The number of benzene rings is 4. The first-order chi connectivity index (χ1) is 38.0. The van der Waals surface area contributed by atoms with Crippen molar-refractivity contribution >= 4 is 105 Å². The first-order valence-electron chi connectivity index (χ1n) is 25.2. The van der Waals surface area contributed by atoms with Crippen LogP contribution in [0.1, 0.15) is 70.2 Å². The van der Waals surface area contributed by atoms with Crippen LogP contribution >= 0.6 is 25.9 Å². The summed E-state index contributed by atoms with van der Waals surface area (Å²) in [6.07, 6.45) is 8.20. The minimum atomic E-state index is -1.28. The van der Waals surface area contributed by atoms with Crippen LogP contribution in [0.25, 0.3) is 44.1 Å². The largest absolute Gasteiger partial charge is 0.480 e. The van der Waals surface area contributed by atoms with Gasteiger partial charge in [0, 0.05) is 136 Å². The Hall–Kier alpha value is -7.76. The predicted molar refractivity (Wildman–Crippen MR) is 318 cm³/mol. The van der Waals surface area contributed by atoms with Crippen molar-refractivity contribution < 1.29 is 42.7 Å². The average Bonchev–Trinajstić information content (AvgIpc) is 4.27. The van der Waals surface area contributed by atoms with Gasteiger partial charge in [-0.05, 0) is 74.2 Å². The molecule has 4 aromatic heterocycles. The van der Waals surface area contributed by atoms with Crippen molar-refractivity contribution in [2.75, 3.05) is 13.1 Å². The summed E-state index contributed by atoms with van der Waals surface area (Å²) in [5, 5.41) is 18.9. The summed E-state index contributed by atoms with van der Waals surface area (Å²) in [5.41, 5.74) is 7.75. The molecule has 8 aromatic rings. The van der Waals surface area contributed by atoms with Crippen LogP contribution in [0.5, 0.6) is 0 Å². The zero-order chi connectivity index (χ0) is 56.8. The number of hydrogen-bond donors (Lipinski definition) is 4. The number of nitrogens with zero attached hydrogens (tertiary/aromatic N) is 7. The van der Waals surface area contributed by atoms with Gasteiger partial charge < -0.3 is 35.1 Å². The quantitative estimate of drug-likeness (QED) is 0.0756. The first kappa shape index (κ1) is 64.1. The number of alkyl halides is 2. The summed E-state index contributed by atoms with van der Waals surface area (Å²) in [6, 6.07) is 29.0. The molecule has 2 saturated heterocycles. The highest BCUT2D eigenvalue weighted by molar-refractivity contribution is 8.07. The number of carboxylic acids is 1. The number of likely N-dealkylation sites (tertiary alicyclic amines) is 1. The first-order valence-corrected chi connectivity index (χ1v) is 26.5. The van der Waals surface area contributed by atoms with E-state index in [0.29, 0.717) is 46.8 Å². The maximum absolute atomic E-state index is 14.4. The number of Topliss-reactive ketones (excluding diaryl/α,β-unsaturated/α-hetero) is 2. The van der Waals surface area contributed by atoms with Crippen molar-refractivity contribution in [3.63, 3.8) is 0 Å². The summed E-state index contributed by atoms with van der Waals surface area (Å²) in [5.74, 6) is -0.725. The molecule has 10 rings (SSSR count). The monoisotopic (exact) mass is 1180 g/mol. The smallest absolute Gasteiger partial charge is 0.323 e. The molecule has 81 heavy (non-hydrogen) atoms. The third kappa shape index (κ3) is 16.9. The Bertz CT molecular complexity index is 3470. The second-order valence-electron chi connectivity index (χ2n) is 18.9. The third-order valence-corrected chi connectivity index (χ3v) is 13.2. The molecule has 2 aliphatic rings. The normalized spacial score (nSPS) is 16.0. The summed E-state index contributed by atoms with van der Waals surface area (Å²) < 4.78 is 30.5. The number of aliphatic carboxylic acids is 1. The van der Waals surface area contributed by atoms with Gasteiger partial charge >= 0.3 is 5.97 Å². The van der Waals surface area contributed by atoms with Crippen LogP contribution in [0.4, 0.5) is 8.78 Å². The van der Waals surface area contributed by atoms with Gasteiger partial charge in [0.15, 0.2) is 11.6 Å². The molecule has 4 atom stereocenters. The number of rotatable bonds is 14. The van der Waals surface area contributed by atoms with Gasteiger partial charge in [0.1, 0.15) is 43.1 Å². The van der Waals surface area contributed by atoms with E-state index in [1.54, 1.807) is 53.2 Å². The number of hydrogen-bond acceptors (Lipinski definition) is 13. The van der Waals surface area contributed by atoms with Crippen molar-refractivity contribution in [2.45, 2.75) is 91.1 Å². The summed E-state index contributed by atoms with van der Waals surface area (Å²) >= 11 is 7.33. The number of carboxylic acid groups (broad SMARTS) is 1. The number of aryl methyl sites for hydroxylation is 2. The molecule has 0 saturated carbocycles. The molecular weight excluding hydrogens is 1120 g/mol. The topological polar surface area (TPSA) is 223 Å². The standard InChI is InChI=1S/C29H28FN5O3.C17H15N3O3.C12H15FN2O.ClH.S2.H2S/c1-18(36)25-16-34(26-9-8-21(10-24(25)26)22-13-31-19(2)32-14-22)17-28(37)35-15-23(30)11-27(35)29(38)33-12-20-6-4-3-5-7-20;1-10(21)15-8-20(9-17(22)23)16-4-3-12(5-14(15)16)13-6-18-11(2)19-7-13;13-10-6-11(14-8-10)12(16)15-7-9-4-2-1-3-5-9;;1-2;/h3-10,13-14,16,23,27H,11-12,15,17H2,1-2H3,(H,33,38);3-8H,9H2,1-2H3,(H,22,23);1-5,10-11,14H,6-8H2,(H,15,16);1H;;1H2/t23-,27+;;10-,11+;;;/m1.1.../s1. The Morgan fingerprint density at radius 3 is 1.49 bits per heavy atom. The van der Waals surface area contributed by atoms with E-state index in [0.717, 1.165) is 44.3 Å². The van der Waals surface area contributed by atoms with E-state index in [1.807, 2.05) is 104 Å². The molecule has 0 unspecified atom stereocenters. The third-order valence-electron chi connectivity index (χ3n) is 13.2. The molecule has 4 N–H and O–H groups in total. The van der Waals surface area contributed by atoms with Crippen molar-refractivity contribution in [3.05, 3.63) is 168 Å². The van der Waals surface area contributed by atoms with E-state index in [-0.39, 0.29) is 100 Å². The lowest BCUT2D eigenvalue weighted by Gasteiger charge is -2.24. The van der Waals surface area contributed by atoms with Gasteiger partial charge in [-0.2, -0.15) is 13.5 Å². The molecule has 3 amide bonds. The molecular formula is C58H61ClF2N10O7S3. The number of halogens is 3. The van der Waals surface area contributed by atoms with Gasteiger partial charge in [0.2, 0.25) is 17.7 Å². The van der Waals surface area contributed by atoms with E-state index in [2.05, 4.69) is 58.3 Å². The number of amides is 3. The molecule has 23 heteroatoms. The molecule has 2 fully saturated rings. The van der Waals surface area contributed by atoms with Crippen LogP contribution in [0.2, 0.25) is 0 Å².